The minimum Gasteiger partial charge on any atom is -0.468 e. The van der Waals surface area contributed by atoms with Crippen molar-refractivity contribution >= 4 is 16.0 Å². The molecule has 0 bridgehead atoms. The molecule has 0 aromatic rings. The van der Waals surface area contributed by atoms with Gasteiger partial charge >= 0.3 is 12.1 Å². The monoisotopic (exact) mass is 279 g/mol. The lowest BCUT2D eigenvalue weighted by Crippen LogP contribution is -2.45. The first-order valence-electron chi connectivity index (χ1n) is 4.33. The number of aliphatic hydroxyl groups is 1. The van der Waals surface area contributed by atoms with Gasteiger partial charge in [0.15, 0.2) is 11.4 Å². The fourth-order valence-corrected chi connectivity index (χ4v) is 1.72. The van der Waals surface area contributed by atoms with Crippen LogP contribution in [0.15, 0.2) is 0 Å². The second-order valence-electron chi connectivity index (χ2n) is 3.12. The van der Waals surface area contributed by atoms with Crippen LogP contribution in [-0.4, -0.2) is 50.7 Å². The van der Waals surface area contributed by atoms with E-state index in [0.717, 1.165) is 14.0 Å². The van der Waals surface area contributed by atoms with Crippen molar-refractivity contribution in [3.63, 3.8) is 0 Å². The first-order chi connectivity index (χ1) is 7.52. The number of halogens is 3. The molecule has 2 unspecified atom stereocenters. The number of ether oxygens (including phenoxy) is 1. The number of carbonyl (C=O) groups excluding carboxylic acids is 1. The zero-order valence-corrected chi connectivity index (χ0v) is 9.80. The minimum absolute atomic E-state index is 0.943. The molecule has 0 fully saturated rings. The van der Waals surface area contributed by atoms with E-state index in [1.54, 1.807) is 0 Å². The van der Waals surface area contributed by atoms with Gasteiger partial charge in [-0.05, 0) is 6.92 Å². The van der Waals surface area contributed by atoms with Crippen molar-refractivity contribution < 1.29 is 36.2 Å². The highest BCUT2D eigenvalue weighted by atomic mass is 32.2. The van der Waals surface area contributed by atoms with Crippen LogP contribution in [-0.2, 0) is 19.6 Å². The van der Waals surface area contributed by atoms with Crippen LogP contribution < -0.4 is 4.72 Å². The van der Waals surface area contributed by atoms with Gasteiger partial charge in [0.25, 0.3) is 0 Å². The lowest BCUT2D eigenvalue weighted by molar-refractivity contribution is -0.200. The second-order valence-corrected chi connectivity index (χ2v) is 5.20. The topological polar surface area (TPSA) is 92.7 Å². The van der Waals surface area contributed by atoms with Crippen molar-refractivity contribution in [2.24, 2.45) is 0 Å². The summed E-state index contributed by atoms with van der Waals surface area (Å²) in [5.41, 5.74) is 0. The molecule has 0 aromatic heterocycles. The molecule has 0 spiro atoms. The Bertz CT molecular complexity index is 366. The zero-order valence-electron chi connectivity index (χ0n) is 8.98. The first kappa shape index (κ1) is 16.1. The van der Waals surface area contributed by atoms with Gasteiger partial charge in [0, 0.05) is 6.54 Å². The third-order valence-electron chi connectivity index (χ3n) is 1.85. The second kappa shape index (κ2) is 5.65. The van der Waals surface area contributed by atoms with Crippen LogP contribution in [0.1, 0.15) is 6.92 Å². The van der Waals surface area contributed by atoms with Crippen LogP contribution in [0.3, 0.4) is 0 Å². The normalized spacial score (nSPS) is 16.4. The van der Waals surface area contributed by atoms with Gasteiger partial charge in [-0.15, -0.1) is 0 Å². The average molecular weight is 279 g/mol. The van der Waals surface area contributed by atoms with E-state index in [4.69, 9.17) is 5.11 Å². The summed E-state index contributed by atoms with van der Waals surface area (Å²) in [6, 6.07) is 0. The Hall–Kier alpha value is -0.870. The highest BCUT2D eigenvalue weighted by Gasteiger charge is 2.39. The van der Waals surface area contributed by atoms with Crippen molar-refractivity contribution in [3.05, 3.63) is 0 Å². The van der Waals surface area contributed by atoms with Gasteiger partial charge in [-0.1, -0.05) is 0 Å². The smallest absolute Gasteiger partial charge is 0.415 e. The molecule has 6 nitrogen and oxygen atoms in total. The maximum atomic E-state index is 11.9. The molecule has 0 aliphatic heterocycles. The predicted octanol–water partition coefficient (Wildman–Crippen LogP) is -0.610. The largest absolute Gasteiger partial charge is 0.468 e. The van der Waals surface area contributed by atoms with Crippen LogP contribution in [0.2, 0.25) is 0 Å². The minimum atomic E-state index is -4.93. The van der Waals surface area contributed by atoms with Crippen molar-refractivity contribution in [2.45, 2.75) is 24.5 Å². The Morgan fingerprint density at radius 3 is 2.29 bits per heavy atom. The fourth-order valence-electron chi connectivity index (χ4n) is 0.728. The summed E-state index contributed by atoms with van der Waals surface area (Å²) in [6.45, 7) is -0.304. The third-order valence-corrected chi connectivity index (χ3v) is 3.55. The summed E-state index contributed by atoms with van der Waals surface area (Å²) in [7, 11) is -3.37. The molecule has 2 N–H and O–H groups in total. The Kier molecular flexibility index (Phi) is 5.36. The lowest BCUT2D eigenvalue weighted by Gasteiger charge is -2.16. The Balaban J connectivity index is 4.54. The molecule has 0 aromatic carbocycles. The van der Waals surface area contributed by atoms with E-state index in [-0.39, 0.29) is 0 Å². The number of methoxy groups -OCH3 is 1. The van der Waals surface area contributed by atoms with E-state index in [2.05, 4.69) is 4.74 Å². The van der Waals surface area contributed by atoms with Gasteiger partial charge in [0.1, 0.15) is 0 Å². The summed E-state index contributed by atoms with van der Waals surface area (Å²) in [5.74, 6) is -1.11. The molecular formula is C7H12F3NO5S. The first-order valence-corrected chi connectivity index (χ1v) is 5.88. The molecule has 2 atom stereocenters. The van der Waals surface area contributed by atoms with Crippen molar-refractivity contribution in [1.82, 2.24) is 4.72 Å². The molecule has 0 saturated heterocycles. The quantitative estimate of drug-likeness (QED) is 0.655. The third kappa shape index (κ3) is 4.88. The van der Waals surface area contributed by atoms with Gasteiger partial charge in [-0.3, -0.25) is 4.79 Å². The summed E-state index contributed by atoms with van der Waals surface area (Å²) < 4.78 is 63.8. The molecule has 0 rings (SSSR count). The maximum Gasteiger partial charge on any atom is 0.415 e. The van der Waals surface area contributed by atoms with Crippen molar-refractivity contribution in [2.75, 3.05) is 13.7 Å². The molecular weight excluding hydrogens is 267 g/mol. The number of esters is 1. The standard InChI is InChI=1S/C7H12F3NO5S/c1-4(6(13)16-2)17(14,15)11-3-5(12)7(8,9)10/h4-5,11-12H,3H2,1-2H3. The van der Waals surface area contributed by atoms with Gasteiger partial charge in [0.2, 0.25) is 10.0 Å². The molecule has 0 saturated carbocycles. The summed E-state index contributed by atoms with van der Waals surface area (Å²) in [4.78, 5) is 10.9. The SMILES string of the molecule is COC(=O)C(C)S(=O)(=O)NCC(O)C(F)(F)F. The molecule has 0 aliphatic rings. The number of hydrogen-bond acceptors (Lipinski definition) is 5. The van der Waals surface area contributed by atoms with E-state index in [1.807, 2.05) is 0 Å². The van der Waals surface area contributed by atoms with Crippen LogP contribution in [0.25, 0.3) is 0 Å². The van der Waals surface area contributed by atoms with Crippen molar-refractivity contribution in [3.8, 4) is 0 Å². The van der Waals surface area contributed by atoms with E-state index >= 15 is 0 Å². The molecule has 17 heavy (non-hydrogen) atoms. The van der Waals surface area contributed by atoms with Crippen LogP contribution in [0.4, 0.5) is 13.2 Å². The zero-order chi connectivity index (χ0) is 13.9. The number of rotatable bonds is 5. The van der Waals surface area contributed by atoms with Crippen molar-refractivity contribution in [1.29, 1.82) is 0 Å². The van der Waals surface area contributed by atoms with E-state index in [9.17, 15) is 26.4 Å². The summed E-state index contributed by atoms with van der Waals surface area (Å²) in [6.07, 6.45) is -7.76. The summed E-state index contributed by atoms with van der Waals surface area (Å²) >= 11 is 0. The predicted molar refractivity (Wildman–Crippen MR) is 50.5 cm³/mol. The highest BCUT2D eigenvalue weighted by molar-refractivity contribution is 7.90. The van der Waals surface area contributed by atoms with Crippen LogP contribution in [0.5, 0.6) is 0 Å². The van der Waals surface area contributed by atoms with E-state index in [1.165, 1.54) is 4.72 Å². The highest BCUT2D eigenvalue weighted by Crippen LogP contribution is 2.19. The molecule has 10 heteroatoms. The van der Waals surface area contributed by atoms with E-state index < -0.39 is 40.1 Å². The molecule has 0 heterocycles. The maximum absolute atomic E-state index is 11.9. The summed E-state index contributed by atoms with van der Waals surface area (Å²) in [5, 5.41) is 6.90. The lowest BCUT2D eigenvalue weighted by atomic mass is 10.4. The fraction of sp³-hybridized carbons (Fsp3) is 0.857. The van der Waals surface area contributed by atoms with E-state index in [0.29, 0.717) is 0 Å². The average Bonchev–Trinajstić information content (AvgIpc) is 2.22. The molecule has 0 radical (unpaired) electrons. The van der Waals surface area contributed by atoms with Gasteiger partial charge in [-0.25, -0.2) is 13.1 Å². The number of carbonyl (C=O) groups is 1. The van der Waals surface area contributed by atoms with Crippen LogP contribution >= 0.6 is 0 Å². The van der Waals surface area contributed by atoms with Crippen LogP contribution in [0, 0.1) is 0 Å². The molecule has 0 aliphatic carbocycles. The van der Waals surface area contributed by atoms with Gasteiger partial charge in [-0.2, -0.15) is 13.2 Å². The number of nitrogens with one attached hydrogen (secondary N) is 1. The van der Waals surface area contributed by atoms with Gasteiger partial charge < -0.3 is 9.84 Å². The molecule has 102 valence electrons. The number of hydrogen-bond donors (Lipinski definition) is 2. The Labute approximate surface area is 95.8 Å². The number of aliphatic hydroxyl groups excluding tert-OH is 1. The Morgan fingerprint density at radius 2 is 1.94 bits per heavy atom. The van der Waals surface area contributed by atoms with Gasteiger partial charge in [0.05, 0.1) is 7.11 Å². The Morgan fingerprint density at radius 1 is 1.47 bits per heavy atom. The molecule has 0 amide bonds. The number of sulfonamides is 1. The number of alkyl halides is 3.